The van der Waals surface area contributed by atoms with E-state index in [9.17, 15) is 18.0 Å². The van der Waals surface area contributed by atoms with E-state index in [0.717, 1.165) is 12.8 Å². The fourth-order valence-electron chi connectivity index (χ4n) is 3.82. The molecule has 166 valence electrons. The number of nitrogens with one attached hydrogen (secondary N) is 1. The van der Waals surface area contributed by atoms with E-state index < -0.39 is 15.8 Å². The molecule has 12 heteroatoms. The molecule has 0 saturated carbocycles. The Labute approximate surface area is 182 Å². The Balaban J connectivity index is 1.33. The number of oxazole rings is 1. The van der Waals surface area contributed by atoms with Crippen molar-refractivity contribution in [2.24, 2.45) is 0 Å². The van der Waals surface area contributed by atoms with Crippen LogP contribution >= 0.6 is 0 Å². The molecule has 0 spiro atoms. The molecule has 0 atom stereocenters. The molecule has 1 amide bonds. The van der Waals surface area contributed by atoms with Gasteiger partial charge in [0.1, 0.15) is 0 Å². The maximum atomic E-state index is 12.8. The number of sulfonamides is 1. The lowest BCUT2D eigenvalue weighted by atomic mass is 10.3. The molecule has 1 aromatic carbocycles. The van der Waals surface area contributed by atoms with Gasteiger partial charge in [0.25, 0.3) is 0 Å². The predicted molar refractivity (Wildman–Crippen MR) is 115 cm³/mol. The zero-order chi connectivity index (χ0) is 22.3. The van der Waals surface area contributed by atoms with E-state index in [0.29, 0.717) is 24.3 Å². The maximum absolute atomic E-state index is 12.8. The second-order valence-electron chi connectivity index (χ2n) is 7.51. The smallest absolute Gasteiger partial charge is 0.408 e. The molecular weight excluding hydrogens is 436 g/mol. The topological polar surface area (TPSA) is 132 Å². The van der Waals surface area contributed by atoms with Gasteiger partial charge < -0.3 is 4.42 Å². The molecule has 3 aromatic heterocycles. The Morgan fingerprint density at radius 3 is 2.75 bits per heavy atom. The third kappa shape index (κ3) is 3.56. The number of aryl methyl sites for hydroxylation is 1. The van der Waals surface area contributed by atoms with Crippen LogP contribution in [0.2, 0.25) is 0 Å². The molecule has 1 aliphatic rings. The normalized spacial score (nSPS) is 15.0. The lowest BCUT2D eigenvalue weighted by Crippen LogP contribution is -2.27. The lowest BCUT2D eigenvalue weighted by molar-refractivity contribution is -0.116. The SMILES string of the molecule is O=C(CCn1c(=O)oc2cc(S(=O)(=O)N3CCCC3)ccc21)Nc1nnc2ccccn12. The molecule has 32 heavy (non-hydrogen) atoms. The summed E-state index contributed by atoms with van der Waals surface area (Å²) in [4.78, 5) is 24.8. The summed E-state index contributed by atoms with van der Waals surface area (Å²) < 4.78 is 35.2. The summed E-state index contributed by atoms with van der Waals surface area (Å²) in [6.07, 6.45) is 3.39. The summed E-state index contributed by atoms with van der Waals surface area (Å²) in [5, 5.41) is 10.6. The van der Waals surface area contributed by atoms with Gasteiger partial charge in [0.05, 0.1) is 10.4 Å². The van der Waals surface area contributed by atoms with Crippen LogP contribution in [-0.4, -0.2) is 50.9 Å². The zero-order valence-corrected chi connectivity index (χ0v) is 17.8. The van der Waals surface area contributed by atoms with Crippen LogP contribution in [-0.2, 0) is 21.4 Å². The first-order valence-corrected chi connectivity index (χ1v) is 11.6. The first-order chi connectivity index (χ1) is 15.4. The molecule has 0 unspecified atom stereocenters. The highest BCUT2D eigenvalue weighted by Gasteiger charge is 2.28. The van der Waals surface area contributed by atoms with E-state index in [1.165, 1.54) is 27.1 Å². The van der Waals surface area contributed by atoms with E-state index in [2.05, 4.69) is 15.5 Å². The minimum atomic E-state index is -3.62. The number of amides is 1. The summed E-state index contributed by atoms with van der Waals surface area (Å²) in [6.45, 7) is 1.04. The van der Waals surface area contributed by atoms with Crippen molar-refractivity contribution in [1.82, 2.24) is 23.5 Å². The van der Waals surface area contributed by atoms with Gasteiger partial charge in [0.15, 0.2) is 11.2 Å². The fraction of sp³-hybridized carbons (Fsp3) is 0.300. The van der Waals surface area contributed by atoms with Crippen molar-refractivity contribution >= 4 is 38.6 Å². The number of nitrogens with zero attached hydrogens (tertiary/aromatic N) is 5. The average molecular weight is 456 g/mol. The second-order valence-corrected chi connectivity index (χ2v) is 9.45. The highest BCUT2D eigenvalue weighted by molar-refractivity contribution is 7.89. The third-order valence-corrected chi connectivity index (χ3v) is 7.36. The highest BCUT2D eigenvalue weighted by Crippen LogP contribution is 2.24. The molecule has 5 rings (SSSR count). The Kier molecular flexibility index (Phi) is 5.02. The van der Waals surface area contributed by atoms with Gasteiger partial charge in [-0.15, -0.1) is 10.2 Å². The molecule has 1 fully saturated rings. The van der Waals surface area contributed by atoms with Crippen molar-refractivity contribution in [2.75, 3.05) is 18.4 Å². The molecule has 1 N–H and O–H groups in total. The number of carbonyl (C=O) groups is 1. The van der Waals surface area contributed by atoms with E-state index in [4.69, 9.17) is 4.42 Å². The Bertz CT molecular complexity index is 1480. The largest absolute Gasteiger partial charge is 0.419 e. The first-order valence-electron chi connectivity index (χ1n) is 10.2. The molecule has 0 radical (unpaired) electrons. The Morgan fingerprint density at radius 1 is 1.12 bits per heavy atom. The summed E-state index contributed by atoms with van der Waals surface area (Å²) >= 11 is 0. The van der Waals surface area contributed by atoms with Crippen molar-refractivity contribution in [3.8, 4) is 0 Å². The first kappa shape index (κ1) is 20.4. The van der Waals surface area contributed by atoms with Gasteiger partial charge in [-0.2, -0.15) is 4.31 Å². The average Bonchev–Trinajstić information content (AvgIpc) is 3.51. The molecule has 0 bridgehead atoms. The number of benzene rings is 1. The molecule has 4 heterocycles. The highest BCUT2D eigenvalue weighted by atomic mass is 32.2. The van der Waals surface area contributed by atoms with E-state index in [-0.39, 0.29) is 35.3 Å². The van der Waals surface area contributed by atoms with Crippen molar-refractivity contribution in [3.63, 3.8) is 0 Å². The van der Waals surface area contributed by atoms with Crippen molar-refractivity contribution in [1.29, 1.82) is 0 Å². The number of fused-ring (bicyclic) bond motifs is 2. The van der Waals surface area contributed by atoms with Gasteiger partial charge in [-0.1, -0.05) is 6.07 Å². The van der Waals surface area contributed by atoms with Crippen molar-refractivity contribution in [2.45, 2.75) is 30.7 Å². The van der Waals surface area contributed by atoms with Crippen LogP contribution in [0.1, 0.15) is 19.3 Å². The molecular formula is C20H20N6O5S. The number of aromatic nitrogens is 4. The van der Waals surface area contributed by atoms with Gasteiger partial charge in [0.2, 0.25) is 21.9 Å². The Morgan fingerprint density at radius 2 is 1.94 bits per heavy atom. The van der Waals surface area contributed by atoms with Crippen LogP contribution in [0.15, 0.2) is 56.7 Å². The number of carbonyl (C=O) groups excluding carboxylic acids is 1. The minimum Gasteiger partial charge on any atom is -0.408 e. The minimum absolute atomic E-state index is 0.00981. The van der Waals surface area contributed by atoms with Gasteiger partial charge in [-0.05, 0) is 37.1 Å². The van der Waals surface area contributed by atoms with E-state index in [1.54, 1.807) is 22.7 Å². The van der Waals surface area contributed by atoms with E-state index in [1.807, 2.05) is 6.07 Å². The van der Waals surface area contributed by atoms with Crippen LogP contribution in [0.4, 0.5) is 5.95 Å². The van der Waals surface area contributed by atoms with Gasteiger partial charge >= 0.3 is 5.76 Å². The van der Waals surface area contributed by atoms with Crippen molar-refractivity contribution < 1.29 is 17.6 Å². The van der Waals surface area contributed by atoms with Gasteiger partial charge in [0, 0.05) is 38.3 Å². The third-order valence-electron chi connectivity index (χ3n) is 5.47. The zero-order valence-electron chi connectivity index (χ0n) is 17.0. The van der Waals surface area contributed by atoms with Crippen LogP contribution in [0.5, 0.6) is 0 Å². The van der Waals surface area contributed by atoms with Gasteiger partial charge in [-0.25, -0.2) is 13.2 Å². The summed E-state index contributed by atoms with van der Waals surface area (Å²) in [7, 11) is -3.62. The molecule has 4 aromatic rings. The molecule has 1 saturated heterocycles. The molecule has 1 aliphatic heterocycles. The fourth-order valence-corrected chi connectivity index (χ4v) is 5.36. The number of pyridine rings is 1. The number of hydrogen-bond donors (Lipinski definition) is 1. The lowest BCUT2D eigenvalue weighted by Gasteiger charge is -2.15. The molecule has 11 nitrogen and oxygen atoms in total. The number of hydrogen-bond acceptors (Lipinski definition) is 7. The summed E-state index contributed by atoms with van der Waals surface area (Å²) in [5.41, 5.74) is 1.19. The van der Waals surface area contributed by atoms with Crippen LogP contribution in [0.25, 0.3) is 16.7 Å². The van der Waals surface area contributed by atoms with E-state index >= 15 is 0 Å². The quantitative estimate of drug-likeness (QED) is 0.464. The summed E-state index contributed by atoms with van der Waals surface area (Å²) in [5.74, 6) is -0.721. The maximum Gasteiger partial charge on any atom is 0.419 e. The number of anilines is 1. The Hall–Kier alpha value is -3.51. The van der Waals surface area contributed by atoms with Crippen molar-refractivity contribution in [3.05, 3.63) is 53.1 Å². The second kappa shape index (κ2) is 7.88. The van der Waals surface area contributed by atoms with Crippen LogP contribution in [0, 0.1) is 0 Å². The summed E-state index contributed by atoms with van der Waals surface area (Å²) in [6, 6.07) is 9.73. The number of rotatable bonds is 6. The monoisotopic (exact) mass is 456 g/mol. The van der Waals surface area contributed by atoms with Gasteiger partial charge in [-0.3, -0.25) is 19.1 Å². The molecule has 0 aliphatic carbocycles. The van der Waals surface area contributed by atoms with Crippen LogP contribution < -0.4 is 11.1 Å². The predicted octanol–water partition coefficient (Wildman–Crippen LogP) is 1.45. The van der Waals surface area contributed by atoms with Crippen LogP contribution in [0.3, 0.4) is 0 Å². The standard InChI is InChI=1S/C20H20N6O5S/c27-18(21-19-23-22-17-5-1-2-11-26(17)19)8-12-25-15-7-6-14(13-16(15)31-20(25)28)32(29,30)24-9-3-4-10-24/h1-2,5-7,11,13H,3-4,8-10,12H2,(H,21,23,27).